The van der Waals surface area contributed by atoms with Crippen molar-refractivity contribution in [1.29, 1.82) is 0 Å². The first-order valence-electron chi connectivity index (χ1n) is 7.07. The van der Waals surface area contributed by atoms with Crippen molar-refractivity contribution in [2.75, 3.05) is 11.1 Å². The molecule has 3 N–H and O–H groups in total. The predicted octanol–water partition coefficient (Wildman–Crippen LogP) is 1.86. The first-order valence-corrected chi connectivity index (χ1v) is 7.07. The molecule has 0 spiro atoms. The summed E-state index contributed by atoms with van der Waals surface area (Å²) in [5.74, 6) is -0.317. The zero-order valence-electron chi connectivity index (χ0n) is 12.6. The maximum atomic E-state index is 12.1. The van der Waals surface area contributed by atoms with Crippen LogP contribution in [0.5, 0.6) is 0 Å². The molecule has 7 nitrogen and oxygen atoms in total. The summed E-state index contributed by atoms with van der Waals surface area (Å²) in [7, 11) is 0. The highest BCUT2D eigenvalue weighted by atomic mass is 16.1. The van der Waals surface area contributed by atoms with Gasteiger partial charge in [0.2, 0.25) is 0 Å². The molecule has 0 aliphatic carbocycles. The lowest BCUT2D eigenvalue weighted by Crippen LogP contribution is -2.16. The van der Waals surface area contributed by atoms with Crippen molar-refractivity contribution in [1.82, 2.24) is 19.7 Å². The quantitative estimate of drug-likeness (QED) is 0.766. The van der Waals surface area contributed by atoms with E-state index in [1.165, 1.54) is 18.0 Å². The topological polar surface area (TPSA) is 98.7 Å². The third-order valence-electron chi connectivity index (χ3n) is 3.30. The molecule has 0 saturated heterocycles. The summed E-state index contributed by atoms with van der Waals surface area (Å²) in [6.07, 6.45) is 6.20. The number of nitrogens with one attached hydrogen (secondary N) is 1. The van der Waals surface area contributed by atoms with Crippen molar-refractivity contribution in [2.45, 2.75) is 13.5 Å². The molecule has 0 bridgehead atoms. The molecule has 0 saturated carbocycles. The van der Waals surface area contributed by atoms with E-state index in [0.717, 1.165) is 5.56 Å². The van der Waals surface area contributed by atoms with Crippen molar-refractivity contribution in [3.63, 3.8) is 0 Å². The first-order chi connectivity index (χ1) is 11.1. The Morgan fingerprint density at radius 2 is 1.96 bits per heavy atom. The Morgan fingerprint density at radius 1 is 1.22 bits per heavy atom. The SMILES string of the molecule is Cc1ccc(Cn2cc(NC(=O)c3nccnc3N)cn2)cc1. The maximum absolute atomic E-state index is 12.1. The van der Waals surface area contributed by atoms with Crippen LogP contribution in [-0.4, -0.2) is 25.7 Å². The van der Waals surface area contributed by atoms with Crippen LogP contribution in [0.1, 0.15) is 21.6 Å². The first kappa shape index (κ1) is 14.7. The van der Waals surface area contributed by atoms with Crippen LogP contribution in [0.15, 0.2) is 49.1 Å². The van der Waals surface area contributed by atoms with Crippen LogP contribution in [0.4, 0.5) is 11.5 Å². The number of aryl methyl sites for hydroxylation is 1. The van der Waals surface area contributed by atoms with Gasteiger partial charge in [-0.3, -0.25) is 9.48 Å². The minimum atomic E-state index is -0.412. The highest BCUT2D eigenvalue weighted by molar-refractivity contribution is 6.05. The molecule has 0 unspecified atom stereocenters. The standard InChI is InChI=1S/C16H16N6O/c1-11-2-4-12(5-3-11)9-22-10-13(8-20-22)21-16(23)14-15(17)19-7-6-18-14/h2-8,10H,9H2,1H3,(H2,17,19)(H,21,23). The average Bonchev–Trinajstić information content (AvgIpc) is 2.97. The van der Waals surface area contributed by atoms with Gasteiger partial charge in [-0.1, -0.05) is 29.8 Å². The molecule has 7 heteroatoms. The van der Waals surface area contributed by atoms with E-state index in [1.54, 1.807) is 17.1 Å². The minimum absolute atomic E-state index is 0.0945. The highest BCUT2D eigenvalue weighted by Crippen LogP contribution is 2.11. The Hall–Kier alpha value is -3.22. The summed E-state index contributed by atoms with van der Waals surface area (Å²) in [5.41, 5.74) is 8.66. The van der Waals surface area contributed by atoms with Crippen LogP contribution < -0.4 is 11.1 Å². The smallest absolute Gasteiger partial charge is 0.278 e. The monoisotopic (exact) mass is 308 g/mol. The van der Waals surface area contributed by atoms with E-state index >= 15 is 0 Å². The van der Waals surface area contributed by atoms with Gasteiger partial charge in [0.25, 0.3) is 5.91 Å². The van der Waals surface area contributed by atoms with Crippen molar-refractivity contribution in [3.05, 3.63) is 65.9 Å². The van der Waals surface area contributed by atoms with Gasteiger partial charge in [0, 0.05) is 18.6 Å². The molecular weight excluding hydrogens is 292 g/mol. The predicted molar refractivity (Wildman–Crippen MR) is 86.9 cm³/mol. The van der Waals surface area contributed by atoms with Crippen molar-refractivity contribution >= 4 is 17.4 Å². The van der Waals surface area contributed by atoms with Gasteiger partial charge in [0.1, 0.15) is 0 Å². The van der Waals surface area contributed by atoms with E-state index in [1.807, 2.05) is 6.92 Å². The number of nitrogens with zero attached hydrogens (tertiary/aromatic N) is 4. The molecule has 0 fully saturated rings. The van der Waals surface area contributed by atoms with Crippen molar-refractivity contribution < 1.29 is 4.79 Å². The van der Waals surface area contributed by atoms with Gasteiger partial charge >= 0.3 is 0 Å². The Labute approximate surface area is 133 Å². The van der Waals surface area contributed by atoms with Gasteiger partial charge in [-0.15, -0.1) is 0 Å². The molecule has 0 atom stereocenters. The summed E-state index contributed by atoms with van der Waals surface area (Å²) in [6, 6.07) is 8.21. The van der Waals surface area contributed by atoms with Gasteiger partial charge < -0.3 is 11.1 Å². The number of hydrogen-bond acceptors (Lipinski definition) is 5. The second kappa shape index (κ2) is 6.27. The van der Waals surface area contributed by atoms with Gasteiger partial charge in [-0.05, 0) is 12.5 Å². The number of nitrogens with two attached hydrogens (primary N) is 1. The Balaban J connectivity index is 1.69. The molecule has 23 heavy (non-hydrogen) atoms. The fraction of sp³-hybridized carbons (Fsp3) is 0.125. The Bertz CT molecular complexity index is 825. The number of aromatic nitrogens is 4. The van der Waals surface area contributed by atoms with E-state index in [-0.39, 0.29) is 11.5 Å². The Morgan fingerprint density at radius 3 is 2.70 bits per heavy atom. The van der Waals surface area contributed by atoms with Gasteiger partial charge in [-0.25, -0.2) is 9.97 Å². The molecule has 0 aliphatic rings. The third kappa shape index (κ3) is 3.52. The minimum Gasteiger partial charge on any atom is -0.382 e. The second-order valence-electron chi connectivity index (χ2n) is 5.16. The normalized spacial score (nSPS) is 10.5. The zero-order valence-corrected chi connectivity index (χ0v) is 12.6. The number of carbonyl (C=O) groups excluding carboxylic acids is 1. The number of carbonyl (C=O) groups is 1. The fourth-order valence-electron chi connectivity index (χ4n) is 2.11. The summed E-state index contributed by atoms with van der Waals surface area (Å²) >= 11 is 0. The molecule has 116 valence electrons. The average molecular weight is 308 g/mol. The van der Waals surface area contributed by atoms with E-state index in [0.29, 0.717) is 12.2 Å². The summed E-state index contributed by atoms with van der Waals surface area (Å²) in [5, 5.41) is 6.95. The van der Waals surface area contributed by atoms with Gasteiger partial charge in [0.15, 0.2) is 11.5 Å². The molecular formula is C16H16N6O. The lowest BCUT2D eigenvalue weighted by Gasteiger charge is -2.04. The molecule has 0 radical (unpaired) electrons. The molecule has 0 aliphatic heterocycles. The number of rotatable bonds is 4. The second-order valence-corrected chi connectivity index (χ2v) is 5.16. The van der Waals surface area contributed by atoms with Crippen LogP contribution in [-0.2, 0) is 6.54 Å². The summed E-state index contributed by atoms with van der Waals surface area (Å²) in [4.78, 5) is 19.9. The lowest BCUT2D eigenvalue weighted by atomic mass is 10.1. The van der Waals surface area contributed by atoms with Crippen molar-refractivity contribution in [3.8, 4) is 0 Å². The zero-order chi connectivity index (χ0) is 16.2. The van der Waals surface area contributed by atoms with Crippen LogP contribution in [0.25, 0.3) is 0 Å². The molecule has 2 heterocycles. The number of anilines is 2. The third-order valence-corrected chi connectivity index (χ3v) is 3.30. The number of nitrogen functional groups attached to an aromatic ring is 1. The van der Waals surface area contributed by atoms with Crippen LogP contribution in [0.3, 0.4) is 0 Å². The fourth-order valence-corrected chi connectivity index (χ4v) is 2.11. The maximum Gasteiger partial charge on any atom is 0.278 e. The highest BCUT2D eigenvalue weighted by Gasteiger charge is 2.13. The number of hydrogen-bond donors (Lipinski definition) is 2. The molecule has 1 amide bonds. The summed E-state index contributed by atoms with van der Waals surface area (Å²) < 4.78 is 1.75. The van der Waals surface area contributed by atoms with Crippen LogP contribution in [0.2, 0.25) is 0 Å². The molecule has 3 rings (SSSR count). The van der Waals surface area contributed by atoms with Crippen LogP contribution >= 0.6 is 0 Å². The van der Waals surface area contributed by atoms with Crippen molar-refractivity contribution in [2.24, 2.45) is 0 Å². The molecule has 2 aromatic heterocycles. The molecule has 1 aromatic carbocycles. The largest absolute Gasteiger partial charge is 0.382 e. The number of benzene rings is 1. The van der Waals surface area contributed by atoms with E-state index in [2.05, 4.69) is 44.6 Å². The van der Waals surface area contributed by atoms with E-state index in [4.69, 9.17) is 5.73 Å². The van der Waals surface area contributed by atoms with E-state index in [9.17, 15) is 4.79 Å². The Kier molecular flexibility index (Phi) is 4.01. The van der Waals surface area contributed by atoms with Gasteiger partial charge in [-0.2, -0.15) is 5.10 Å². The summed E-state index contributed by atoms with van der Waals surface area (Å²) in [6.45, 7) is 2.67. The molecule has 3 aromatic rings. The lowest BCUT2D eigenvalue weighted by molar-refractivity contribution is 0.102. The van der Waals surface area contributed by atoms with Crippen LogP contribution in [0, 0.1) is 6.92 Å². The number of amides is 1. The van der Waals surface area contributed by atoms with Gasteiger partial charge in [0.05, 0.1) is 18.4 Å². The van der Waals surface area contributed by atoms with E-state index < -0.39 is 5.91 Å².